The highest BCUT2D eigenvalue weighted by atomic mass is 16.5. The Balaban J connectivity index is 1.63. The van der Waals surface area contributed by atoms with Gasteiger partial charge in [0, 0.05) is 12.1 Å². The van der Waals surface area contributed by atoms with Gasteiger partial charge in [-0.25, -0.2) is 4.68 Å². The molecule has 2 atom stereocenters. The van der Waals surface area contributed by atoms with Crippen LogP contribution in [0.2, 0.25) is 0 Å². The molecule has 0 aromatic carbocycles. The average molecular weight is 263 g/mol. The van der Waals surface area contributed by atoms with Crippen molar-refractivity contribution < 1.29 is 4.74 Å². The predicted octanol–water partition coefficient (Wildman–Crippen LogP) is 1.78. The maximum absolute atomic E-state index is 12.0. The van der Waals surface area contributed by atoms with E-state index in [2.05, 4.69) is 17.3 Å². The highest BCUT2D eigenvalue weighted by Crippen LogP contribution is 2.22. The molecule has 2 aliphatic rings. The predicted molar refractivity (Wildman–Crippen MR) is 73.3 cm³/mol. The fraction of sp³-hybridized carbons (Fsp3) is 0.714. The van der Waals surface area contributed by atoms with Crippen molar-refractivity contribution in [1.29, 1.82) is 0 Å². The molecule has 1 saturated heterocycles. The van der Waals surface area contributed by atoms with E-state index in [1.54, 1.807) is 12.3 Å². The molecule has 0 spiro atoms. The number of nitrogens with zero attached hydrogens (tertiary/aromatic N) is 2. The largest absolute Gasteiger partial charge is 0.381 e. The fourth-order valence-corrected chi connectivity index (χ4v) is 2.65. The molecule has 19 heavy (non-hydrogen) atoms. The second-order valence-corrected chi connectivity index (χ2v) is 5.68. The first-order valence-electron chi connectivity index (χ1n) is 7.20. The maximum atomic E-state index is 12.0. The highest BCUT2D eigenvalue weighted by molar-refractivity contribution is 5.40. The Bertz CT molecular complexity index is 496. The molecule has 1 saturated carbocycles. The van der Waals surface area contributed by atoms with Crippen LogP contribution in [0.1, 0.15) is 39.0 Å². The Kier molecular flexibility index (Phi) is 3.55. The molecule has 1 N–H and O–H groups in total. The first kappa shape index (κ1) is 12.7. The molecule has 1 aliphatic carbocycles. The van der Waals surface area contributed by atoms with Gasteiger partial charge in [0.2, 0.25) is 0 Å². The van der Waals surface area contributed by atoms with Gasteiger partial charge >= 0.3 is 0 Å². The zero-order chi connectivity index (χ0) is 13.2. The minimum atomic E-state index is -0.0486. The van der Waals surface area contributed by atoms with Crippen LogP contribution in [0.3, 0.4) is 0 Å². The zero-order valence-electron chi connectivity index (χ0n) is 11.3. The Morgan fingerprint density at radius 3 is 2.84 bits per heavy atom. The van der Waals surface area contributed by atoms with Gasteiger partial charge in [-0.1, -0.05) is 0 Å². The maximum Gasteiger partial charge on any atom is 0.268 e. The Morgan fingerprint density at radius 1 is 1.42 bits per heavy atom. The first-order valence-corrected chi connectivity index (χ1v) is 7.20. The third kappa shape index (κ3) is 2.97. The van der Waals surface area contributed by atoms with E-state index in [1.165, 1.54) is 23.9 Å². The highest BCUT2D eigenvalue weighted by Gasteiger charge is 2.23. The zero-order valence-corrected chi connectivity index (χ0v) is 11.3. The van der Waals surface area contributed by atoms with Crippen molar-refractivity contribution >= 4 is 5.69 Å². The van der Waals surface area contributed by atoms with Gasteiger partial charge in [0.15, 0.2) is 0 Å². The topological polar surface area (TPSA) is 56.2 Å². The molecule has 5 heteroatoms. The van der Waals surface area contributed by atoms with E-state index >= 15 is 0 Å². The molecule has 1 aliphatic heterocycles. The van der Waals surface area contributed by atoms with E-state index in [0.717, 1.165) is 18.5 Å². The van der Waals surface area contributed by atoms with Gasteiger partial charge in [0.25, 0.3) is 5.56 Å². The third-order valence-corrected chi connectivity index (χ3v) is 4.04. The van der Waals surface area contributed by atoms with Crippen LogP contribution in [0.25, 0.3) is 0 Å². The number of aromatic nitrogens is 2. The summed E-state index contributed by atoms with van der Waals surface area (Å²) in [5.41, 5.74) is 0.791. The molecule has 1 aromatic rings. The SMILES string of the molecule is CC1CCC(Cn2ncc(NC3CCC3)cc2=O)O1. The van der Waals surface area contributed by atoms with Gasteiger partial charge in [-0.3, -0.25) is 4.79 Å². The van der Waals surface area contributed by atoms with E-state index in [9.17, 15) is 4.79 Å². The van der Waals surface area contributed by atoms with Gasteiger partial charge in [-0.05, 0) is 39.0 Å². The van der Waals surface area contributed by atoms with E-state index in [4.69, 9.17) is 4.74 Å². The molecular weight excluding hydrogens is 242 g/mol. The number of rotatable bonds is 4. The van der Waals surface area contributed by atoms with Crippen molar-refractivity contribution in [3.63, 3.8) is 0 Å². The summed E-state index contributed by atoms with van der Waals surface area (Å²) in [7, 11) is 0. The Labute approximate surface area is 113 Å². The van der Waals surface area contributed by atoms with Gasteiger partial charge in [-0.15, -0.1) is 0 Å². The number of hydrogen-bond acceptors (Lipinski definition) is 4. The van der Waals surface area contributed by atoms with Crippen molar-refractivity contribution in [1.82, 2.24) is 9.78 Å². The van der Waals surface area contributed by atoms with Crippen molar-refractivity contribution in [2.45, 2.75) is 63.8 Å². The molecule has 3 rings (SSSR count). The standard InChI is InChI=1S/C14H21N3O2/c1-10-5-6-13(19-10)9-17-14(18)7-12(8-15-17)16-11-3-2-4-11/h7-8,10-11,13,16H,2-6,9H2,1H3. The van der Waals surface area contributed by atoms with Crippen LogP contribution < -0.4 is 10.9 Å². The minimum absolute atomic E-state index is 0.0486. The van der Waals surface area contributed by atoms with Crippen LogP contribution in [0.15, 0.2) is 17.1 Å². The summed E-state index contributed by atoms with van der Waals surface area (Å²) in [6.45, 7) is 2.63. The smallest absolute Gasteiger partial charge is 0.268 e. The van der Waals surface area contributed by atoms with Crippen molar-refractivity contribution in [2.24, 2.45) is 0 Å². The number of anilines is 1. The van der Waals surface area contributed by atoms with Crippen LogP contribution in [0.4, 0.5) is 5.69 Å². The summed E-state index contributed by atoms with van der Waals surface area (Å²) in [5, 5.41) is 7.58. The van der Waals surface area contributed by atoms with E-state index in [0.29, 0.717) is 18.7 Å². The van der Waals surface area contributed by atoms with Gasteiger partial charge in [-0.2, -0.15) is 5.10 Å². The average Bonchev–Trinajstić information content (AvgIpc) is 2.73. The third-order valence-electron chi connectivity index (χ3n) is 4.04. The molecule has 0 radical (unpaired) electrons. The summed E-state index contributed by atoms with van der Waals surface area (Å²) in [5.74, 6) is 0. The summed E-state index contributed by atoms with van der Waals surface area (Å²) < 4.78 is 7.23. The van der Waals surface area contributed by atoms with E-state index in [1.807, 2.05) is 0 Å². The van der Waals surface area contributed by atoms with Crippen molar-refractivity contribution in [3.8, 4) is 0 Å². The van der Waals surface area contributed by atoms with Gasteiger partial charge in [0.1, 0.15) is 0 Å². The summed E-state index contributed by atoms with van der Waals surface area (Å²) in [6, 6.07) is 2.17. The van der Waals surface area contributed by atoms with Crippen LogP contribution in [0, 0.1) is 0 Å². The monoisotopic (exact) mass is 263 g/mol. The second-order valence-electron chi connectivity index (χ2n) is 5.68. The number of ether oxygens (including phenoxy) is 1. The van der Waals surface area contributed by atoms with Crippen LogP contribution >= 0.6 is 0 Å². The second kappa shape index (κ2) is 5.33. The minimum Gasteiger partial charge on any atom is -0.381 e. The van der Waals surface area contributed by atoms with E-state index in [-0.39, 0.29) is 11.7 Å². The summed E-state index contributed by atoms with van der Waals surface area (Å²) in [4.78, 5) is 12.0. The fourth-order valence-electron chi connectivity index (χ4n) is 2.65. The lowest BCUT2D eigenvalue weighted by molar-refractivity contribution is 0.0428. The molecule has 0 amide bonds. The molecule has 2 fully saturated rings. The van der Waals surface area contributed by atoms with Gasteiger partial charge in [0.05, 0.1) is 30.6 Å². The van der Waals surface area contributed by atoms with Crippen LogP contribution in [-0.2, 0) is 11.3 Å². The molecule has 5 nitrogen and oxygen atoms in total. The van der Waals surface area contributed by atoms with Gasteiger partial charge < -0.3 is 10.1 Å². The Morgan fingerprint density at radius 2 is 2.26 bits per heavy atom. The normalized spacial score (nSPS) is 27.2. The molecule has 1 aromatic heterocycles. The van der Waals surface area contributed by atoms with E-state index < -0.39 is 0 Å². The molecular formula is C14H21N3O2. The lowest BCUT2D eigenvalue weighted by Gasteiger charge is -2.27. The lowest BCUT2D eigenvalue weighted by Crippen LogP contribution is -2.31. The summed E-state index contributed by atoms with van der Waals surface area (Å²) >= 11 is 0. The first-order chi connectivity index (χ1) is 9.20. The number of hydrogen-bond donors (Lipinski definition) is 1. The number of nitrogens with one attached hydrogen (secondary N) is 1. The van der Waals surface area contributed by atoms with Crippen molar-refractivity contribution in [3.05, 3.63) is 22.6 Å². The molecule has 104 valence electrons. The molecule has 2 unspecified atom stereocenters. The quantitative estimate of drug-likeness (QED) is 0.899. The molecule has 0 bridgehead atoms. The van der Waals surface area contributed by atoms with Crippen LogP contribution in [-0.4, -0.2) is 28.0 Å². The molecule has 2 heterocycles. The lowest BCUT2D eigenvalue weighted by atomic mass is 9.93. The van der Waals surface area contributed by atoms with Crippen LogP contribution in [0.5, 0.6) is 0 Å². The Hall–Kier alpha value is -1.36. The van der Waals surface area contributed by atoms with Crippen molar-refractivity contribution in [2.75, 3.05) is 5.32 Å². The summed E-state index contributed by atoms with van der Waals surface area (Å²) in [6.07, 6.45) is 7.93.